The van der Waals surface area contributed by atoms with Gasteiger partial charge in [-0.2, -0.15) is 11.8 Å². The molecule has 0 atom stereocenters. The number of halogens is 1. The molecule has 2 aromatic rings. The van der Waals surface area contributed by atoms with Crippen molar-refractivity contribution in [2.45, 2.75) is 13.0 Å². The largest absolute Gasteiger partial charge is 0.439 e. The van der Waals surface area contributed by atoms with E-state index in [4.69, 9.17) is 17.0 Å². The first-order valence-electron chi connectivity index (χ1n) is 7.57. The summed E-state index contributed by atoms with van der Waals surface area (Å²) in [5, 5.41) is 6.89. The molecule has 0 spiro atoms. The van der Waals surface area contributed by atoms with Gasteiger partial charge in [0.2, 0.25) is 5.88 Å². The summed E-state index contributed by atoms with van der Waals surface area (Å²) in [6.45, 7) is 1.32. The van der Waals surface area contributed by atoms with E-state index in [9.17, 15) is 4.39 Å². The van der Waals surface area contributed by atoms with Crippen LogP contribution in [0.4, 0.5) is 4.39 Å². The summed E-state index contributed by atoms with van der Waals surface area (Å²) in [6.07, 6.45) is 4.78. The fraction of sp³-hybridized carbons (Fsp3) is 0.294. The molecule has 4 nitrogen and oxygen atoms in total. The molecule has 1 heterocycles. The lowest BCUT2D eigenvalue weighted by Crippen LogP contribution is -2.35. The third-order valence-corrected chi connectivity index (χ3v) is 4.10. The number of nitrogens with one attached hydrogen (secondary N) is 2. The Labute approximate surface area is 151 Å². The fourth-order valence-corrected chi connectivity index (χ4v) is 2.56. The van der Waals surface area contributed by atoms with Gasteiger partial charge in [0.05, 0.1) is 0 Å². The minimum Gasteiger partial charge on any atom is -0.439 e. The van der Waals surface area contributed by atoms with Crippen LogP contribution in [0.3, 0.4) is 0 Å². The Bertz CT molecular complexity index is 670. The Balaban J connectivity index is 1.90. The van der Waals surface area contributed by atoms with Crippen LogP contribution in [0.25, 0.3) is 0 Å². The van der Waals surface area contributed by atoms with Crippen LogP contribution >= 0.6 is 24.0 Å². The van der Waals surface area contributed by atoms with Crippen LogP contribution in [0.1, 0.15) is 12.0 Å². The number of rotatable bonds is 8. The second-order valence-electron chi connectivity index (χ2n) is 4.98. The van der Waals surface area contributed by atoms with Crippen LogP contribution in [0.2, 0.25) is 0 Å². The molecule has 0 radical (unpaired) electrons. The summed E-state index contributed by atoms with van der Waals surface area (Å²) in [5.41, 5.74) is 0.843. The fourth-order valence-electron chi connectivity index (χ4n) is 1.95. The molecule has 0 saturated heterocycles. The Morgan fingerprint density at radius 2 is 2.17 bits per heavy atom. The molecule has 0 aliphatic heterocycles. The first kappa shape index (κ1) is 18.5. The highest BCUT2D eigenvalue weighted by Gasteiger charge is 2.07. The average Bonchev–Trinajstić information content (AvgIpc) is 2.58. The van der Waals surface area contributed by atoms with Crippen LogP contribution in [0.15, 0.2) is 42.6 Å². The predicted octanol–water partition coefficient (Wildman–Crippen LogP) is 3.73. The molecular formula is C17H20FN3OS2. The smallest absolute Gasteiger partial charge is 0.224 e. The second-order valence-corrected chi connectivity index (χ2v) is 6.38. The van der Waals surface area contributed by atoms with E-state index in [0.717, 1.165) is 24.3 Å². The lowest BCUT2D eigenvalue weighted by Gasteiger charge is -2.13. The van der Waals surface area contributed by atoms with Gasteiger partial charge >= 0.3 is 0 Å². The van der Waals surface area contributed by atoms with E-state index in [1.807, 2.05) is 23.9 Å². The van der Waals surface area contributed by atoms with Crippen LogP contribution in [-0.4, -0.2) is 28.6 Å². The highest BCUT2D eigenvalue weighted by molar-refractivity contribution is 7.98. The topological polar surface area (TPSA) is 46.2 Å². The van der Waals surface area contributed by atoms with Crippen molar-refractivity contribution in [1.82, 2.24) is 15.6 Å². The molecule has 24 heavy (non-hydrogen) atoms. The van der Waals surface area contributed by atoms with Gasteiger partial charge in [-0.25, -0.2) is 9.37 Å². The first-order chi connectivity index (χ1) is 11.7. The number of benzene rings is 1. The van der Waals surface area contributed by atoms with Crippen LogP contribution in [-0.2, 0) is 6.54 Å². The van der Waals surface area contributed by atoms with Crippen molar-refractivity contribution in [3.8, 4) is 11.6 Å². The normalized spacial score (nSPS) is 10.2. The molecular weight excluding hydrogens is 345 g/mol. The van der Waals surface area contributed by atoms with Crippen molar-refractivity contribution in [2.75, 3.05) is 18.6 Å². The molecule has 0 saturated carbocycles. The molecule has 0 aliphatic carbocycles. The second kappa shape index (κ2) is 10.1. The summed E-state index contributed by atoms with van der Waals surface area (Å²) >= 11 is 7.07. The Morgan fingerprint density at radius 3 is 2.96 bits per heavy atom. The third-order valence-electron chi connectivity index (χ3n) is 3.11. The minimum atomic E-state index is -0.348. The molecule has 2 rings (SSSR count). The van der Waals surface area contributed by atoms with Crippen molar-refractivity contribution in [3.05, 3.63) is 54.0 Å². The number of hydrogen-bond donors (Lipinski definition) is 2. The predicted molar refractivity (Wildman–Crippen MR) is 101 cm³/mol. The lowest BCUT2D eigenvalue weighted by molar-refractivity contribution is 0.451. The van der Waals surface area contributed by atoms with E-state index in [-0.39, 0.29) is 5.82 Å². The molecule has 0 unspecified atom stereocenters. The Kier molecular flexibility index (Phi) is 7.77. The van der Waals surface area contributed by atoms with Crippen molar-refractivity contribution in [1.29, 1.82) is 0 Å². The van der Waals surface area contributed by atoms with Crippen molar-refractivity contribution in [3.63, 3.8) is 0 Å². The molecule has 128 valence electrons. The van der Waals surface area contributed by atoms with Crippen molar-refractivity contribution in [2.24, 2.45) is 0 Å². The van der Waals surface area contributed by atoms with Crippen LogP contribution < -0.4 is 15.4 Å². The number of aromatic nitrogens is 1. The Morgan fingerprint density at radius 1 is 1.29 bits per heavy atom. The van der Waals surface area contributed by atoms with Gasteiger partial charge in [0.15, 0.2) is 5.11 Å². The molecule has 1 aromatic heterocycles. The van der Waals surface area contributed by atoms with E-state index < -0.39 is 0 Å². The zero-order valence-electron chi connectivity index (χ0n) is 13.4. The van der Waals surface area contributed by atoms with Gasteiger partial charge in [0.1, 0.15) is 11.6 Å². The standard InChI is InChI=1S/C17H20FN3OS2/c1-24-10-4-9-20-17(23)21-12-13-5-3-8-19-16(13)22-15-7-2-6-14(18)11-15/h2-3,5-8,11H,4,9-10,12H2,1H3,(H2,20,21,23). The molecule has 0 fully saturated rings. The number of hydrogen-bond acceptors (Lipinski definition) is 4. The monoisotopic (exact) mass is 365 g/mol. The van der Waals surface area contributed by atoms with Crippen LogP contribution in [0.5, 0.6) is 11.6 Å². The van der Waals surface area contributed by atoms with Gasteiger partial charge in [-0.3, -0.25) is 0 Å². The molecule has 0 amide bonds. The molecule has 0 bridgehead atoms. The van der Waals surface area contributed by atoms with Gasteiger partial charge in [-0.05, 0) is 48.8 Å². The highest BCUT2D eigenvalue weighted by atomic mass is 32.2. The summed E-state index contributed by atoms with van der Waals surface area (Å²) in [5.74, 6) is 1.59. The zero-order valence-corrected chi connectivity index (χ0v) is 15.1. The highest BCUT2D eigenvalue weighted by Crippen LogP contribution is 2.23. The summed E-state index contributed by atoms with van der Waals surface area (Å²) < 4.78 is 18.9. The third kappa shape index (κ3) is 6.33. The molecule has 1 aromatic carbocycles. The van der Waals surface area contributed by atoms with Gasteiger partial charge in [-0.1, -0.05) is 12.1 Å². The Hall–Kier alpha value is -1.86. The summed E-state index contributed by atoms with van der Waals surface area (Å²) in [4.78, 5) is 4.22. The molecule has 2 N–H and O–H groups in total. The van der Waals surface area contributed by atoms with Gasteiger partial charge in [0.25, 0.3) is 0 Å². The van der Waals surface area contributed by atoms with E-state index in [1.165, 1.54) is 12.1 Å². The summed E-state index contributed by atoms with van der Waals surface area (Å²) in [7, 11) is 0. The first-order valence-corrected chi connectivity index (χ1v) is 9.37. The zero-order chi connectivity index (χ0) is 17.2. The average molecular weight is 365 g/mol. The number of pyridine rings is 1. The van der Waals surface area contributed by atoms with Crippen molar-refractivity contribution < 1.29 is 9.13 Å². The maximum atomic E-state index is 13.3. The van der Waals surface area contributed by atoms with Gasteiger partial charge < -0.3 is 15.4 Å². The quantitative estimate of drug-likeness (QED) is 0.549. The lowest BCUT2D eigenvalue weighted by atomic mass is 10.2. The van der Waals surface area contributed by atoms with Crippen LogP contribution in [0, 0.1) is 5.82 Å². The number of nitrogens with zero attached hydrogens (tertiary/aromatic N) is 1. The van der Waals surface area contributed by atoms with E-state index in [0.29, 0.717) is 23.3 Å². The SMILES string of the molecule is CSCCCNC(=S)NCc1cccnc1Oc1cccc(F)c1. The maximum Gasteiger partial charge on any atom is 0.224 e. The van der Waals surface area contributed by atoms with Crippen molar-refractivity contribution >= 4 is 29.1 Å². The number of thioether (sulfide) groups is 1. The number of thiocarbonyl (C=S) groups is 1. The minimum absolute atomic E-state index is 0.348. The molecule has 7 heteroatoms. The van der Waals surface area contributed by atoms with Gasteiger partial charge in [0, 0.05) is 30.9 Å². The van der Waals surface area contributed by atoms with Gasteiger partial charge in [-0.15, -0.1) is 0 Å². The maximum absolute atomic E-state index is 13.3. The number of ether oxygens (including phenoxy) is 1. The summed E-state index contributed by atoms with van der Waals surface area (Å²) in [6, 6.07) is 9.69. The van der Waals surface area contributed by atoms with E-state index in [2.05, 4.69) is 21.9 Å². The molecule has 0 aliphatic rings. The van der Waals surface area contributed by atoms with E-state index in [1.54, 1.807) is 18.3 Å². The van der Waals surface area contributed by atoms with E-state index >= 15 is 0 Å².